The third-order valence-corrected chi connectivity index (χ3v) is 8.98. The van der Waals surface area contributed by atoms with Gasteiger partial charge in [0, 0.05) is 17.6 Å². The van der Waals surface area contributed by atoms with Gasteiger partial charge in [-0.3, -0.25) is 13.9 Å². The zero-order chi connectivity index (χ0) is 28.9. The molecule has 0 bridgehead atoms. The maximum Gasteiger partial charge on any atom is 0.264 e. The number of sulfonamides is 1. The van der Waals surface area contributed by atoms with Gasteiger partial charge in [-0.1, -0.05) is 65.1 Å². The van der Waals surface area contributed by atoms with Gasteiger partial charge < -0.3 is 10.2 Å². The molecular weight excluding hydrogens is 581 g/mol. The molecule has 39 heavy (non-hydrogen) atoms. The molecular formula is C28H30Cl3N3O4S. The largest absolute Gasteiger partial charge is 0.352 e. The molecule has 0 unspecified atom stereocenters. The number of halogens is 3. The van der Waals surface area contributed by atoms with Crippen molar-refractivity contribution >= 4 is 62.3 Å². The normalized spacial score (nSPS) is 12.2. The first kappa shape index (κ1) is 30.8. The zero-order valence-electron chi connectivity index (χ0n) is 22.0. The molecule has 208 valence electrons. The molecule has 1 atom stereocenters. The van der Waals surface area contributed by atoms with Crippen LogP contribution in [0.5, 0.6) is 0 Å². The first-order valence-electron chi connectivity index (χ1n) is 12.2. The molecule has 0 fully saturated rings. The van der Waals surface area contributed by atoms with Crippen molar-refractivity contribution in [1.29, 1.82) is 0 Å². The van der Waals surface area contributed by atoms with E-state index >= 15 is 0 Å². The number of hydrogen-bond acceptors (Lipinski definition) is 4. The number of carbonyl (C=O) groups excluding carboxylic acids is 2. The Morgan fingerprint density at radius 3 is 2.15 bits per heavy atom. The average molecular weight is 611 g/mol. The van der Waals surface area contributed by atoms with E-state index in [4.69, 9.17) is 34.8 Å². The summed E-state index contributed by atoms with van der Waals surface area (Å²) < 4.78 is 28.7. The van der Waals surface area contributed by atoms with E-state index in [2.05, 4.69) is 5.32 Å². The Morgan fingerprint density at radius 1 is 0.872 bits per heavy atom. The highest BCUT2D eigenvalue weighted by Crippen LogP contribution is 2.31. The number of anilines is 1. The van der Waals surface area contributed by atoms with Crippen LogP contribution in [0.15, 0.2) is 71.6 Å². The predicted octanol–water partition coefficient (Wildman–Crippen LogP) is 6.09. The molecule has 7 nitrogen and oxygen atoms in total. The number of amides is 2. The molecule has 3 aromatic carbocycles. The van der Waals surface area contributed by atoms with E-state index in [0.29, 0.717) is 26.2 Å². The van der Waals surface area contributed by atoms with Gasteiger partial charge >= 0.3 is 0 Å². The number of benzene rings is 3. The van der Waals surface area contributed by atoms with Crippen molar-refractivity contribution in [2.24, 2.45) is 0 Å². The molecule has 3 aromatic rings. The maximum atomic E-state index is 13.9. The SMILES string of the molecule is Cc1c(Cl)cccc1N(CC(=O)N(Cc1ccc(Cl)c(Cl)c1)[C@@H](C)C(=O)NC(C)C)S(=O)(=O)c1ccccc1. The second-order valence-electron chi connectivity index (χ2n) is 9.32. The molecule has 0 spiro atoms. The lowest BCUT2D eigenvalue weighted by Crippen LogP contribution is -2.52. The molecule has 0 aromatic heterocycles. The zero-order valence-corrected chi connectivity index (χ0v) is 25.1. The summed E-state index contributed by atoms with van der Waals surface area (Å²) in [6.07, 6.45) is 0. The van der Waals surface area contributed by atoms with Crippen LogP contribution in [0.4, 0.5) is 5.69 Å². The summed E-state index contributed by atoms with van der Waals surface area (Å²) in [4.78, 5) is 28.3. The molecule has 0 saturated heterocycles. The van der Waals surface area contributed by atoms with Crippen LogP contribution >= 0.6 is 34.8 Å². The fourth-order valence-corrected chi connectivity index (χ4v) is 5.90. The monoisotopic (exact) mass is 609 g/mol. The second kappa shape index (κ2) is 13.0. The molecule has 0 aliphatic heterocycles. The average Bonchev–Trinajstić information content (AvgIpc) is 2.89. The first-order valence-corrected chi connectivity index (χ1v) is 14.8. The fourth-order valence-electron chi connectivity index (χ4n) is 3.92. The highest BCUT2D eigenvalue weighted by molar-refractivity contribution is 7.92. The summed E-state index contributed by atoms with van der Waals surface area (Å²) in [5, 5.41) is 3.81. The lowest BCUT2D eigenvalue weighted by Gasteiger charge is -2.33. The number of nitrogens with one attached hydrogen (secondary N) is 1. The van der Waals surface area contributed by atoms with Crippen LogP contribution in [-0.4, -0.2) is 43.8 Å². The lowest BCUT2D eigenvalue weighted by molar-refractivity contribution is -0.139. The number of rotatable bonds is 10. The van der Waals surface area contributed by atoms with E-state index in [1.807, 2.05) is 13.8 Å². The van der Waals surface area contributed by atoms with E-state index in [1.165, 1.54) is 17.0 Å². The molecule has 0 heterocycles. The third-order valence-electron chi connectivity index (χ3n) is 6.05. The van der Waals surface area contributed by atoms with Crippen molar-refractivity contribution in [3.63, 3.8) is 0 Å². The summed E-state index contributed by atoms with van der Waals surface area (Å²) >= 11 is 18.6. The van der Waals surface area contributed by atoms with E-state index in [-0.39, 0.29) is 29.1 Å². The van der Waals surface area contributed by atoms with E-state index in [9.17, 15) is 18.0 Å². The minimum absolute atomic E-state index is 0.00381. The maximum absolute atomic E-state index is 13.9. The lowest BCUT2D eigenvalue weighted by atomic mass is 10.1. The number of carbonyl (C=O) groups is 2. The fraction of sp³-hybridized carbons (Fsp3) is 0.286. The Kier molecular flexibility index (Phi) is 10.3. The standard InChI is InChI=1S/C28H30Cl3N3O4S/c1-18(2)32-28(36)20(4)33(16-21-13-14-24(30)25(31)15-21)27(35)17-34(26-12-8-11-23(29)19(26)3)39(37,38)22-9-6-5-7-10-22/h5-15,18,20H,16-17H2,1-4H3,(H,32,36)/t20-/m0/s1. The van der Waals surface area contributed by atoms with Crippen LogP contribution in [0.2, 0.25) is 15.1 Å². The Bertz CT molecular complexity index is 1450. The highest BCUT2D eigenvalue weighted by Gasteiger charge is 2.33. The third kappa shape index (κ3) is 7.45. The molecule has 0 aliphatic rings. The number of hydrogen-bond donors (Lipinski definition) is 1. The Labute approximate surface area is 244 Å². The molecule has 11 heteroatoms. The first-order chi connectivity index (χ1) is 18.3. The van der Waals surface area contributed by atoms with Gasteiger partial charge in [0.1, 0.15) is 12.6 Å². The van der Waals surface area contributed by atoms with E-state index < -0.39 is 28.5 Å². The number of nitrogens with zero attached hydrogens (tertiary/aromatic N) is 2. The van der Waals surface area contributed by atoms with Crippen LogP contribution in [-0.2, 0) is 26.2 Å². The van der Waals surface area contributed by atoms with Gasteiger partial charge in [-0.05, 0) is 75.2 Å². The van der Waals surface area contributed by atoms with Crippen molar-refractivity contribution in [1.82, 2.24) is 10.2 Å². The highest BCUT2D eigenvalue weighted by atomic mass is 35.5. The van der Waals surface area contributed by atoms with Gasteiger partial charge in [0.15, 0.2) is 0 Å². The Morgan fingerprint density at radius 2 is 1.54 bits per heavy atom. The van der Waals surface area contributed by atoms with Crippen molar-refractivity contribution in [2.75, 3.05) is 10.8 Å². The van der Waals surface area contributed by atoms with Crippen molar-refractivity contribution in [3.8, 4) is 0 Å². The molecule has 3 rings (SSSR count). The van der Waals surface area contributed by atoms with Crippen LogP contribution in [0, 0.1) is 6.92 Å². The van der Waals surface area contributed by atoms with Crippen molar-refractivity contribution < 1.29 is 18.0 Å². The Balaban J connectivity index is 2.08. The minimum atomic E-state index is -4.18. The second-order valence-corrected chi connectivity index (χ2v) is 12.4. The van der Waals surface area contributed by atoms with Gasteiger partial charge in [0.05, 0.1) is 20.6 Å². The minimum Gasteiger partial charge on any atom is -0.352 e. The molecule has 0 saturated carbocycles. The van der Waals surface area contributed by atoms with Crippen LogP contribution in [0.3, 0.4) is 0 Å². The summed E-state index contributed by atoms with van der Waals surface area (Å²) in [6, 6.07) is 16.5. The molecule has 1 N–H and O–H groups in total. The smallest absolute Gasteiger partial charge is 0.264 e. The van der Waals surface area contributed by atoms with Crippen LogP contribution in [0.1, 0.15) is 31.9 Å². The van der Waals surface area contributed by atoms with Gasteiger partial charge in [0.2, 0.25) is 11.8 Å². The summed E-state index contributed by atoms with van der Waals surface area (Å²) in [5.41, 5.74) is 1.37. The quantitative estimate of drug-likeness (QED) is 0.301. The predicted molar refractivity (Wildman–Crippen MR) is 157 cm³/mol. The topological polar surface area (TPSA) is 86.8 Å². The van der Waals surface area contributed by atoms with Gasteiger partial charge in [-0.25, -0.2) is 8.42 Å². The van der Waals surface area contributed by atoms with Gasteiger partial charge in [-0.2, -0.15) is 0 Å². The van der Waals surface area contributed by atoms with Crippen LogP contribution in [0.25, 0.3) is 0 Å². The molecule has 0 radical (unpaired) electrons. The van der Waals surface area contributed by atoms with Crippen LogP contribution < -0.4 is 9.62 Å². The van der Waals surface area contributed by atoms with Crippen molar-refractivity contribution in [3.05, 3.63) is 92.9 Å². The van der Waals surface area contributed by atoms with Crippen molar-refractivity contribution in [2.45, 2.75) is 51.2 Å². The summed E-state index contributed by atoms with van der Waals surface area (Å²) in [5.74, 6) is -0.971. The summed E-state index contributed by atoms with van der Waals surface area (Å²) in [6.45, 7) is 6.32. The molecule has 2 amide bonds. The summed E-state index contributed by atoms with van der Waals surface area (Å²) in [7, 11) is -4.18. The Hall–Kier alpha value is -2.78. The van der Waals surface area contributed by atoms with E-state index in [0.717, 1.165) is 4.31 Å². The van der Waals surface area contributed by atoms with E-state index in [1.54, 1.807) is 68.4 Å². The van der Waals surface area contributed by atoms with Gasteiger partial charge in [-0.15, -0.1) is 0 Å². The molecule has 0 aliphatic carbocycles. The van der Waals surface area contributed by atoms with Gasteiger partial charge in [0.25, 0.3) is 10.0 Å².